The van der Waals surface area contributed by atoms with E-state index < -0.39 is 0 Å². The van der Waals surface area contributed by atoms with E-state index in [1.54, 1.807) is 0 Å². The number of hydrogen-bond acceptors (Lipinski definition) is 2. The van der Waals surface area contributed by atoms with Crippen molar-refractivity contribution in [3.05, 3.63) is 11.1 Å². The van der Waals surface area contributed by atoms with Gasteiger partial charge in [-0.3, -0.25) is 14.9 Å². The van der Waals surface area contributed by atoms with E-state index >= 15 is 0 Å². The fraction of sp³-hybridized carbons (Fsp3) is 0.667. The number of allylic oxidation sites excluding steroid dienone is 2. The first-order chi connectivity index (χ1) is 6.95. The molecule has 0 aromatic rings. The summed E-state index contributed by atoms with van der Waals surface area (Å²) >= 11 is 0. The zero-order valence-corrected chi connectivity index (χ0v) is 9.63. The molecule has 1 aliphatic heterocycles. The van der Waals surface area contributed by atoms with E-state index in [1.807, 2.05) is 13.8 Å². The minimum Gasteiger partial charge on any atom is -0.296 e. The summed E-state index contributed by atoms with van der Waals surface area (Å²) < 4.78 is 0. The topological polar surface area (TPSA) is 46.2 Å². The molecular weight excluding hydrogens is 190 g/mol. The molecule has 4 unspecified atom stereocenters. The summed E-state index contributed by atoms with van der Waals surface area (Å²) in [6.07, 6.45) is 0. The first-order valence-electron chi connectivity index (χ1n) is 5.47. The lowest BCUT2D eigenvalue weighted by Gasteiger charge is -2.35. The molecule has 82 valence electrons. The highest BCUT2D eigenvalue weighted by atomic mass is 16.2. The summed E-state index contributed by atoms with van der Waals surface area (Å²) in [5, 5.41) is 2.46. The van der Waals surface area contributed by atoms with Crippen LogP contribution in [0.3, 0.4) is 0 Å². The van der Waals surface area contributed by atoms with Gasteiger partial charge in [0.2, 0.25) is 11.8 Å². The predicted octanol–water partition coefficient (Wildman–Crippen LogP) is 1.50. The Morgan fingerprint density at radius 1 is 0.867 bits per heavy atom. The lowest BCUT2D eigenvalue weighted by Crippen LogP contribution is -2.35. The molecule has 2 rings (SSSR count). The molecule has 3 nitrogen and oxygen atoms in total. The summed E-state index contributed by atoms with van der Waals surface area (Å²) in [7, 11) is 0. The summed E-state index contributed by atoms with van der Waals surface area (Å²) in [4.78, 5) is 23.3. The molecule has 4 atom stereocenters. The molecular formula is C12H17NO2. The van der Waals surface area contributed by atoms with Gasteiger partial charge in [0.25, 0.3) is 0 Å². The molecule has 0 bridgehead atoms. The van der Waals surface area contributed by atoms with E-state index in [9.17, 15) is 9.59 Å². The largest absolute Gasteiger partial charge is 0.296 e. The van der Waals surface area contributed by atoms with E-state index in [0.29, 0.717) is 0 Å². The number of amides is 2. The van der Waals surface area contributed by atoms with Crippen molar-refractivity contribution < 1.29 is 9.59 Å². The standard InChI is InChI=1S/C12H17NO2/c1-5-6(2)8(4)10-9(7(5)3)11(14)13-12(10)15/h7-10H,1-4H3,(H,13,14,15). The average Bonchev–Trinajstić information content (AvgIpc) is 2.47. The van der Waals surface area contributed by atoms with Crippen LogP contribution in [0.5, 0.6) is 0 Å². The van der Waals surface area contributed by atoms with Gasteiger partial charge in [0, 0.05) is 0 Å². The Labute approximate surface area is 89.9 Å². The zero-order valence-electron chi connectivity index (χ0n) is 9.63. The van der Waals surface area contributed by atoms with Gasteiger partial charge in [0.15, 0.2) is 0 Å². The second-order valence-corrected chi connectivity index (χ2v) is 4.85. The van der Waals surface area contributed by atoms with Crippen molar-refractivity contribution in [3.8, 4) is 0 Å². The molecule has 1 heterocycles. The van der Waals surface area contributed by atoms with Gasteiger partial charge in [-0.15, -0.1) is 0 Å². The lowest BCUT2D eigenvalue weighted by atomic mass is 9.66. The van der Waals surface area contributed by atoms with Crippen molar-refractivity contribution in [3.63, 3.8) is 0 Å². The number of imide groups is 1. The minimum absolute atomic E-state index is 0.0869. The van der Waals surface area contributed by atoms with Crippen LogP contribution in [-0.4, -0.2) is 11.8 Å². The molecule has 1 saturated heterocycles. The smallest absolute Gasteiger partial charge is 0.231 e. The van der Waals surface area contributed by atoms with Gasteiger partial charge < -0.3 is 0 Å². The molecule has 2 amide bonds. The number of nitrogens with one attached hydrogen (secondary N) is 1. The van der Waals surface area contributed by atoms with Gasteiger partial charge in [-0.2, -0.15) is 0 Å². The van der Waals surface area contributed by atoms with Crippen molar-refractivity contribution in [2.24, 2.45) is 23.7 Å². The molecule has 0 saturated carbocycles. The number of fused-ring (bicyclic) bond motifs is 1. The SMILES string of the molecule is CC1=C(C)C(C)C2C(=O)NC(=O)C2C1C. The van der Waals surface area contributed by atoms with Gasteiger partial charge in [-0.05, 0) is 25.7 Å². The van der Waals surface area contributed by atoms with Crippen molar-refractivity contribution in [1.82, 2.24) is 5.32 Å². The fourth-order valence-corrected chi connectivity index (χ4v) is 2.95. The van der Waals surface area contributed by atoms with Crippen LogP contribution in [-0.2, 0) is 9.59 Å². The third-order valence-corrected chi connectivity index (χ3v) is 4.30. The Kier molecular flexibility index (Phi) is 2.21. The summed E-state index contributed by atoms with van der Waals surface area (Å²) in [5.74, 6) is -0.0740. The quantitative estimate of drug-likeness (QED) is 0.483. The van der Waals surface area contributed by atoms with Gasteiger partial charge in [0.05, 0.1) is 11.8 Å². The second kappa shape index (κ2) is 3.19. The normalized spacial score (nSPS) is 40.5. The fourth-order valence-electron chi connectivity index (χ4n) is 2.95. The Balaban J connectivity index is 2.49. The van der Waals surface area contributed by atoms with E-state index in [4.69, 9.17) is 0 Å². The molecule has 1 aliphatic carbocycles. The number of carbonyl (C=O) groups excluding carboxylic acids is 2. The van der Waals surface area contributed by atoms with E-state index in [-0.39, 0.29) is 35.5 Å². The first-order valence-corrected chi connectivity index (χ1v) is 5.47. The predicted molar refractivity (Wildman–Crippen MR) is 56.8 cm³/mol. The Morgan fingerprint density at radius 2 is 1.20 bits per heavy atom. The summed E-state index contributed by atoms with van der Waals surface area (Å²) in [5.41, 5.74) is 2.54. The number of carbonyl (C=O) groups is 2. The Morgan fingerprint density at radius 3 is 1.53 bits per heavy atom. The number of rotatable bonds is 0. The van der Waals surface area contributed by atoms with Crippen molar-refractivity contribution in [2.45, 2.75) is 27.7 Å². The number of hydrogen-bond donors (Lipinski definition) is 1. The van der Waals surface area contributed by atoms with Crippen LogP contribution < -0.4 is 5.32 Å². The molecule has 1 N–H and O–H groups in total. The molecule has 15 heavy (non-hydrogen) atoms. The van der Waals surface area contributed by atoms with Crippen LogP contribution in [0, 0.1) is 23.7 Å². The molecule has 0 aromatic carbocycles. The van der Waals surface area contributed by atoms with Crippen LogP contribution in [0.15, 0.2) is 11.1 Å². The van der Waals surface area contributed by atoms with Crippen molar-refractivity contribution in [1.29, 1.82) is 0 Å². The Bertz CT molecular complexity index is 336. The highest BCUT2D eigenvalue weighted by Gasteiger charge is 2.50. The van der Waals surface area contributed by atoms with Crippen molar-refractivity contribution in [2.75, 3.05) is 0 Å². The van der Waals surface area contributed by atoms with Crippen LogP contribution in [0.1, 0.15) is 27.7 Å². The Hall–Kier alpha value is -1.12. The highest BCUT2D eigenvalue weighted by Crippen LogP contribution is 2.44. The molecule has 1 fully saturated rings. The monoisotopic (exact) mass is 207 g/mol. The van der Waals surface area contributed by atoms with Gasteiger partial charge in [-0.25, -0.2) is 0 Å². The second-order valence-electron chi connectivity index (χ2n) is 4.85. The highest BCUT2D eigenvalue weighted by molar-refractivity contribution is 6.05. The maximum Gasteiger partial charge on any atom is 0.231 e. The third-order valence-electron chi connectivity index (χ3n) is 4.30. The van der Waals surface area contributed by atoms with Gasteiger partial charge in [0.1, 0.15) is 0 Å². The van der Waals surface area contributed by atoms with Crippen LogP contribution in [0.4, 0.5) is 0 Å². The first kappa shape index (κ1) is 10.4. The molecule has 0 spiro atoms. The molecule has 0 aromatic heterocycles. The van der Waals surface area contributed by atoms with Crippen LogP contribution in [0.2, 0.25) is 0 Å². The summed E-state index contributed by atoms with van der Waals surface area (Å²) in [6, 6.07) is 0. The lowest BCUT2D eigenvalue weighted by molar-refractivity contribution is -0.126. The van der Waals surface area contributed by atoms with Crippen LogP contribution in [0.25, 0.3) is 0 Å². The van der Waals surface area contributed by atoms with Gasteiger partial charge in [-0.1, -0.05) is 25.0 Å². The average molecular weight is 207 g/mol. The molecule has 0 radical (unpaired) electrons. The van der Waals surface area contributed by atoms with E-state index in [2.05, 4.69) is 19.2 Å². The van der Waals surface area contributed by atoms with E-state index in [0.717, 1.165) is 0 Å². The maximum atomic E-state index is 11.7. The third kappa shape index (κ3) is 1.25. The van der Waals surface area contributed by atoms with Crippen LogP contribution >= 0.6 is 0 Å². The molecule has 3 heteroatoms. The summed E-state index contributed by atoms with van der Waals surface area (Å²) in [6.45, 7) is 8.23. The van der Waals surface area contributed by atoms with E-state index in [1.165, 1.54) is 11.1 Å². The van der Waals surface area contributed by atoms with Crippen molar-refractivity contribution >= 4 is 11.8 Å². The van der Waals surface area contributed by atoms with Gasteiger partial charge >= 0.3 is 0 Å². The zero-order chi connectivity index (χ0) is 11.3. The maximum absolute atomic E-state index is 11.7. The minimum atomic E-state index is -0.142. The molecule has 2 aliphatic rings.